The molecule has 0 spiro atoms. The highest BCUT2D eigenvalue weighted by Crippen LogP contribution is 2.62. The molecule has 60 heavy (non-hydrogen) atoms. The van der Waals surface area contributed by atoms with Crippen LogP contribution in [0.2, 0.25) is 0 Å². The Balaban J connectivity index is 1.60. The predicted molar refractivity (Wildman–Crippen MR) is 225 cm³/mol. The van der Waals surface area contributed by atoms with Gasteiger partial charge in [-0.25, -0.2) is 13.6 Å². The van der Waals surface area contributed by atoms with E-state index in [2.05, 4.69) is 12.7 Å². The fraction of sp³-hybridized carbons (Fsp3) is 0.500. The van der Waals surface area contributed by atoms with Crippen molar-refractivity contribution in [3.05, 3.63) is 119 Å². The third-order valence-electron chi connectivity index (χ3n) is 11.6. The largest absolute Gasteiger partial charge is 0.489 e. The maximum absolute atomic E-state index is 14.7. The number of nitrogens with zero attached hydrogens (tertiary/aromatic N) is 2. The molecule has 1 heterocycles. The molecule has 2 N–H and O–H groups in total. The van der Waals surface area contributed by atoms with Gasteiger partial charge in [0.15, 0.2) is 0 Å². The van der Waals surface area contributed by atoms with Crippen molar-refractivity contribution in [2.75, 3.05) is 26.4 Å². The lowest BCUT2D eigenvalue weighted by atomic mass is 9.55. The summed E-state index contributed by atoms with van der Waals surface area (Å²) in [6, 6.07) is 17.3. The van der Waals surface area contributed by atoms with Crippen molar-refractivity contribution in [2.24, 2.45) is 22.9 Å². The van der Waals surface area contributed by atoms with Gasteiger partial charge in [-0.1, -0.05) is 60.5 Å². The van der Waals surface area contributed by atoms with Crippen LogP contribution in [0.1, 0.15) is 95.2 Å². The van der Waals surface area contributed by atoms with Crippen LogP contribution in [0, 0.1) is 29.4 Å². The van der Waals surface area contributed by atoms with Gasteiger partial charge in [0, 0.05) is 43.2 Å². The number of carbonyl (C=O) groups excluding carboxylic acids is 1. The van der Waals surface area contributed by atoms with Gasteiger partial charge in [0.25, 0.3) is 0 Å². The van der Waals surface area contributed by atoms with Crippen LogP contribution in [-0.4, -0.2) is 70.8 Å². The number of fused-ring (bicyclic) bond motifs is 2. The van der Waals surface area contributed by atoms with Crippen LogP contribution in [0.5, 0.6) is 11.5 Å². The maximum Gasteiger partial charge on any atom is 0.410 e. The van der Waals surface area contributed by atoms with Gasteiger partial charge in [0.05, 0.1) is 24.8 Å². The van der Waals surface area contributed by atoms with Crippen LogP contribution in [0.15, 0.2) is 96.2 Å². The second-order valence-corrected chi connectivity index (χ2v) is 16.8. The Morgan fingerprint density at radius 1 is 1.02 bits per heavy atom. The molecule has 324 valence electrons. The van der Waals surface area contributed by atoms with Crippen LogP contribution in [0.4, 0.5) is 13.6 Å². The Morgan fingerprint density at radius 2 is 1.75 bits per heavy atom. The lowest BCUT2D eigenvalue weighted by Gasteiger charge is -2.60. The summed E-state index contributed by atoms with van der Waals surface area (Å²) in [5.41, 5.74) is 2.84. The summed E-state index contributed by atoms with van der Waals surface area (Å²) in [7, 11) is 0. The van der Waals surface area contributed by atoms with Crippen molar-refractivity contribution in [1.82, 2.24) is 4.90 Å². The molecule has 10 nitrogen and oxygen atoms in total. The normalized spacial score (nSPS) is 23.8. The molecule has 1 aliphatic heterocycles. The predicted octanol–water partition coefficient (Wildman–Crippen LogP) is 9.63. The van der Waals surface area contributed by atoms with E-state index in [4.69, 9.17) is 28.9 Å². The molecule has 0 aromatic heterocycles. The number of oxime groups is 1. The van der Waals surface area contributed by atoms with Crippen molar-refractivity contribution in [3.63, 3.8) is 0 Å². The van der Waals surface area contributed by atoms with E-state index in [1.807, 2.05) is 32.9 Å². The van der Waals surface area contributed by atoms with Gasteiger partial charge in [-0.2, -0.15) is 0 Å². The number of hydrogen-bond acceptors (Lipinski definition) is 9. The summed E-state index contributed by atoms with van der Waals surface area (Å²) in [6.07, 6.45) is 7.83. The summed E-state index contributed by atoms with van der Waals surface area (Å²) >= 11 is 0. The number of carbonyl (C=O) groups is 1. The third kappa shape index (κ3) is 10.2. The van der Waals surface area contributed by atoms with Gasteiger partial charge >= 0.3 is 6.09 Å². The zero-order chi connectivity index (χ0) is 42.9. The van der Waals surface area contributed by atoms with Crippen molar-refractivity contribution >= 4 is 11.8 Å². The first-order valence-corrected chi connectivity index (χ1v) is 21.2. The monoisotopic (exact) mass is 830 g/mol. The number of ether oxygens (including phenoxy) is 4. The molecule has 3 aromatic rings. The maximum atomic E-state index is 14.7. The molecule has 1 saturated carbocycles. The molecule has 2 aliphatic carbocycles. The second-order valence-electron chi connectivity index (χ2n) is 16.8. The number of aliphatic hydroxyl groups is 2. The fourth-order valence-electron chi connectivity index (χ4n) is 9.00. The van der Waals surface area contributed by atoms with Gasteiger partial charge in [-0.05, 0) is 113 Å². The van der Waals surface area contributed by atoms with Crippen LogP contribution in [0.25, 0.3) is 0 Å². The van der Waals surface area contributed by atoms with E-state index in [9.17, 15) is 23.8 Å². The average molecular weight is 831 g/mol. The number of halogens is 2. The van der Waals surface area contributed by atoms with Gasteiger partial charge in [-0.3, -0.25) is 4.90 Å². The molecular weight excluding hydrogens is 771 g/mol. The molecule has 0 radical (unpaired) electrons. The minimum Gasteiger partial charge on any atom is -0.489 e. The lowest BCUT2D eigenvalue weighted by molar-refractivity contribution is -0.256. The van der Waals surface area contributed by atoms with Crippen molar-refractivity contribution < 1.29 is 47.6 Å². The summed E-state index contributed by atoms with van der Waals surface area (Å²) in [6.45, 7) is 11.9. The molecule has 12 heteroatoms. The first-order chi connectivity index (χ1) is 28.9. The van der Waals surface area contributed by atoms with Crippen molar-refractivity contribution in [2.45, 2.75) is 109 Å². The molecule has 0 bridgehead atoms. The molecular formula is C48H60F2N2O8. The molecule has 1 amide bonds. The molecule has 1 fully saturated rings. The molecule has 0 saturated heterocycles. The van der Waals surface area contributed by atoms with Crippen molar-refractivity contribution in [1.29, 1.82) is 0 Å². The third-order valence-corrected chi connectivity index (χ3v) is 11.6. The van der Waals surface area contributed by atoms with Gasteiger partial charge in [0.2, 0.25) is 5.79 Å². The average Bonchev–Trinajstić information content (AvgIpc) is 3.22. The quantitative estimate of drug-likeness (QED) is 0.0697. The summed E-state index contributed by atoms with van der Waals surface area (Å²) in [4.78, 5) is 22.1. The van der Waals surface area contributed by atoms with Gasteiger partial charge in [0.1, 0.15) is 41.4 Å². The SMILES string of the molecule is C=CCOC12Oc3ccc(OCc4ccccc4F)cc3C3C(CCCCO)C(CCCCO)C=C(C(=NOC(C)(C)C)CC1N(Cc1ccc(F)cc1)C(=O)OCC)C32. The minimum absolute atomic E-state index is 0.0164. The van der Waals surface area contributed by atoms with E-state index in [1.165, 1.54) is 18.2 Å². The number of benzene rings is 3. The zero-order valence-electron chi connectivity index (χ0n) is 35.3. The summed E-state index contributed by atoms with van der Waals surface area (Å²) in [5.74, 6) is -2.06. The number of allylic oxidation sites excluding steroid dienone is 1. The van der Waals surface area contributed by atoms with Crippen LogP contribution in [0.3, 0.4) is 0 Å². The van der Waals surface area contributed by atoms with E-state index in [0.29, 0.717) is 41.2 Å². The number of hydrogen-bond donors (Lipinski definition) is 2. The Labute approximate surface area is 352 Å². The fourth-order valence-corrected chi connectivity index (χ4v) is 9.00. The van der Waals surface area contributed by atoms with E-state index in [0.717, 1.165) is 36.8 Å². The standard InChI is InChI=1S/C48H60F2N2O8/c1-6-26-58-48-43(52(46(55)56-7-2)30-32-18-20-35(49)21-19-32)29-41(51-60-47(3,4)5)38-27-33(14-10-12-24-53)37(16-11-13-25-54)44(45(38)48)39-28-36(22-23-42(39)59-48)57-31-34-15-8-9-17-40(34)50/h6,8-9,15,17-23,27-28,33,37,43-45,53-54H,1,7,10-14,16,24-26,29-31H2,2-5H3. The Morgan fingerprint density at radius 3 is 2.43 bits per heavy atom. The molecule has 3 aromatic carbocycles. The van der Waals surface area contributed by atoms with Crippen LogP contribution in [-0.2, 0) is 27.5 Å². The minimum atomic E-state index is -1.52. The van der Waals surface area contributed by atoms with E-state index in [1.54, 1.807) is 54.3 Å². The zero-order valence-corrected chi connectivity index (χ0v) is 35.3. The van der Waals surface area contributed by atoms with Crippen LogP contribution >= 0.6 is 0 Å². The highest BCUT2D eigenvalue weighted by atomic mass is 19.1. The highest BCUT2D eigenvalue weighted by molar-refractivity contribution is 6.03. The highest BCUT2D eigenvalue weighted by Gasteiger charge is 2.65. The lowest BCUT2D eigenvalue weighted by Crippen LogP contribution is -2.70. The molecule has 6 atom stereocenters. The first-order valence-electron chi connectivity index (χ1n) is 21.2. The second kappa shape index (κ2) is 20.2. The van der Waals surface area contributed by atoms with Crippen molar-refractivity contribution in [3.8, 4) is 11.5 Å². The number of aliphatic hydroxyl groups excluding tert-OH is 2. The van der Waals surface area contributed by atoms with Gasteiger partial charge in [-0.15, -0.1) is 6.58 Å². The Bertz CT molecular complexity index is 1980. The Kier molecular flexibility index (Phi) is 15.1. The molecule has 6 rings (SSSR count). The number of amides is 1. The van der Waals surface area contributed by atoms with E-state index < -0.39 is 35.3 Å². The summed E-state index contributed by atoms with van der Waals surface area (Å²) < 4.78 is 55.2. The topological polar surface area (TPSA) is 119 Å². The molecule has 3 aliphatic rings. The molecule has 6 unspecified atom stereocenters. The number of rotatable bonds is 19. The Hall–Kier alpha value is -4.78. The van der Waals surface area contributed by atoms with E-state index >= 15 is 0 Å². The number of unbranched alkanes of at least 4 members (excludes halogenated alkanes) is 2. The smallest absolute Gasteiger partial charge is 0.410 e. The van der Waals surface area contributed by atoms with Crippen LogP contribution < -0.4 is 9.47 Å². The first kappa shape index (κ1) is 44.8. The van der Waals surface area contributed by atoms with E-state index in [-0.39, 0.29) is 69.6 Å². The summed E-state index contributed by atoms with van der Waals surface area (Å²) in [5, 5.41) is 24.7. The van der Waals surface area contributed by atoms with Gasteiger partial charge < -0.3 is 34.0 Å².